The van der Waals surface area contributed by atoms with Gasteiger partial charge in [0.25, 0.3) is 0 Å². The predicted molar refractivity (Wildman–Crippen MR) is 165 cm³/mol. The molecule has 0 spiro atoms. The summed E-state index contributed by atoms with van der Waals surface area (Å²) < 4.78 is 13.5. The molecule has 0 bridgehead atoms. The van der Waals surface area contributed by atoms with Gasteiger partial charge in [-0.15, -0.1) is 0 Å². The summed E-state index contributed by atoms with van der Waals surface area (Å²) in [7, 11) is 1.65. The quantitative estimate of drug-likeness (QED) is 0.211. The Morgan fingerprint density at radius 1 is 0.805 bits per heavy atom. The van der Waals surface area contributed by atoms with Crippen LogP contribution in [0.2, 0.25) is 0 Å². The van der Waals surface area contributed by atoms with E-state index in [2.05, 4.69) is 52.7 Å². The van der Waals surface area contributed by atoms with Crippen molar-refractivity contribution < 1.29 is 9.47 Å². The van der Waals surface area contributed by atoms with E-state index >= 15 is 0 Å². The normalized spacial score (nSPS) is 16.5. The van der Waals surface area contributed by atoms with Crippen molar-refractivity contribution in [2.24, 2.45) is 0 Å². The SMILES string of the molecule is COc1ccc(Oc2ccc(N3C(=S)N[C@H](c4ccccn4)[C@@H]3c3cc(C)n(-c4cc(C)ccn4)c3C)cc2)cc1. The third-order valence-electron chi connectivity index (χ3n) is 7.43. The largest absolute Gasteiger partial charge is 0.497 e. The van der Waals surface area contributed by atoms with Crippen LogP contribution in [-0.4, -0.2) is 26.8 Å². The molecule has 0 aliphatic carbocycles. The lowest BCUT2D eigenvalue weighted by molar-refractivity contribution is 0.413. The number of hydrogen-bond acceptors (Lipinski definition) is 5. The smallest absolute Gasteiger partial charge is 0.174 e. The van der Waals surface area contributed by atoms with E-state index in [9.17, 15) is 0 Å². The highest BCUT2D eigenvalue weighted by Gasteiger charge is 2.42. The summed E-state index contributed by atoms with van der Waals surface area (Å²) in [4.78, 5) is 11.6. The Kier molecular flexibility index (Phi) is 7.15. The van der Waals surface area contributed by atoms with Gasteiger partial charge in [0.1, 0.15) is 23.1 Å². The molecule has 3 aromatic heterocycles. The molecule has 0 saturated carbocycles. The second-order valence-electron chi connectivity index (χ2n) is 10.1. The molecule has 7 nitrogen and oxygen atoms in total. The molecular weight excluding hydrogens is 530 g/mol. The summed E-state index contributed by atoms with van der Waals surface area (Å²) in [6.45, 7) is 6.35. The third kappa shape index (κ3) is 5.14. The fourth-order valence-electron chi connectivity index (χ4n) is 5.49. The van der Waals surface area contributed by atoms with Gasteiger partial charge in [0.15, 0.2) is 5.11 Å². The Morgan fingerprint density at radius 3 is 2.17 bits per heavy atom. The number of pyridine rings is 2. The molecular formula is C33H31N5O2S. The molecule has 2 atom stereocenters. The van der Waals surface area contributed by atoms with Crippen molar-refractivity contribution in [1.29, 1.82) is 0 Å². The van der Waals surface area contributed by atoms with Crippen molar-refractivity contribution >= 4 is 23.0 Å². The minimum atomic E-state index is -0.140. The van der Waals surface area contributed by atoms with E-state index in [1.807, 2.05) is 85.2 Å². The molecule has 6 rings (SSSR count). The first kappa shape index (κ1) is 26.5. The van der Waals surface area contributed by atoms with Gasteiger partial charge < -0.3 is 24.3 Å². The molecule has 2 aromatic carbocycles. The summed E-state index contributed by atoms with van der Waals surface area (Å²) >= 11 is 5.96. The van der Waals surface area contributed by atoms with E-state index in [4.69, 9.17) is 26.7 Å². The monoisotopic (exact) mass is 561 g/mol. The molecule has 0 amide bonds. The lowest BCUT2D eigenvalue weighted by atomic mass is 9.96. The van der Waals surface area contributed by atoms with Crippen molar-refractivity contribution in [2.45, 2.75) is 32.9 Å². The summed E-state index contributed by atoms with van der Waals surface area (Å²) in [5.74, 6) is 3.16. The fraction of sp³-hybridized carbons (Fsp3) is 0.182. The van der Waals surface area contributed by atoms with Crippen molar-refractivity contribution in [1.82, 2.24) is 19.9 Å². The molecule has 1 aliphatic rings. The van der Waals surface area contributed by atoms with Crippen LogP contribution in [0.1, 0.15) is 40.3 Å². The van der Waals surface area contributed by atoms with Crippen LogP contribution in [0, 0.1) is 20.8 Å². The first-order valence-corrected chi connectivity index (χ1v) is 13.9. The van der Waals surface area contributed by atoms with Crippen molar-refractivity contribution in [3.8, 4) is 23.1 Å². The zero-order valence-corrected chi connectivity index (χ0v) is 24.2. The van der Waals surface area contributed by atoms with Crippen LogP contribution in [0.3, 0.4) is 0 Å². The number of rotatable bonds is 7. The highest BCUT2D eigenvalue weighted by atomic mass is 32.1. The van der Waals surface area contributed by atoms with Crippen molar-refractivity contribution in [3.63, 3.8) is 0 Å². The van der Waals surface area contributed by atoms with Gasteiger partial charge in [0.05, 0.1) is 24.9 Å². The number of aromatic nitrogens is 3. The summed E-state index contributed by atoms with van der Waals surface area (Å²) in [6.07, 6.45) is 3.68. The molecule has 0 radical (unpaired) electrons. The number of ether oxygens (including phenoxy) is 2. The van der Waals surface area contributed by atoms with Gasteiger partial charge in [-0.05, 0) is 123 Å². The lowest BCUT2D eigenvalue weighted by Crippen LogP contribution is -2.29. The maximum absolute atomic E-state index is 6.08. The first-order chi connectivity index (χ1) is 19.9. The van der Waals surface area contributed by atoms with Crippen LogP contribution in [0.5, 0.6) is 17.2 Å². The van der Waals surface area contributed by atoms with E-state index in [0.717, 1.165) is 57.0 Å². The van der Waals surface area contributed by atoms with Crippen LogP contribution in [-0.2, 0) is 0 Å². The molecule has 1 N–H and O–H groups in total. The molecule has 5 aromatic rings. The molecule has 1 saturated heterocycles. The molecule has 41 heavy (non-hydrogen) atoms. The highest BCUT2D eigenvalue weighted by molar-refractivity contribution is 7.80. The predicted octanol–water partition coefficient (Wildman–Crippen LogP) is 7.17. The number of methoxy groups -OCH3 is 1. The van der Waals surface area contributed by atoms with Crippen molar-refractivity contribution in [3.05, 3.63) is 126 Å². The molecule has 1 aliphatic heterocycles. The summed E-state index contributed by atoms with van der Waals surface area (Å²) in [6, 6.07) is 27.6. The Labute approximate surface area is 245 Å². The molecule has 1 fully saturated rings. The molecule has 8 heteroatoms. The van der Waals surface area contributed by atoms with Gasteiger partial charge in [0, 0.05) is 29.5 Å². The molecule has 206 valence electrons. The van der Waals surface area contributed by atoms with E-state index in [1.54, 1.807) is 7.11 Å². The number of nitrogens with zero attached hydrogens (tertiary/aromatic N) is 4. The second kappa shape index (κ2) is 11.1. The topological polar surface area (TPSA) is 64.4 Å². The molecule has 0 unspecified atom stereocenters. The van der Waals surface area contributed by atoms with Crippen LogP contribution in [0.25, 0.3) is 5.82 Å². The zero-order chi connectivity index (χ0) is 28.5. The Morgan fingerprint density at radius 2 is 1.51 bits per heavy atom. The van der Waals surface area contributed by atoms with E-state index in [1.165, 1.54) is 0 Å². The lowest BCUT2D eigenvalue weighted by Gasteiger charge is -2.28. The number of thiocarbonyl (C=S) groups is 1. The maximum atomic E-state index is 6.08. The molecule has 4 heterocycles. The summed E-state index contributed by atoms with van der Waals surface area (Å²) in [5.41, 5.74) is 6.44. The van der Waals surface area contributed by atoms with E-state index in [-0.39, 0.29) is 12.1 Å². The van der Waals surface area contributed by atoms with Gasteiger partial charge in [-0.3, -0.25) is 4.98 Å². The Hall–Kier alpha value is -4.69. The van der Waals surface area contributed by atoms with Crippen LogP contribution in [0.4, 0.5) is 5.69 Å². The number of hydrogen-bond donors (Lipinski definition) is 1. The van der Waals surface area contributed by atoms with Gasteiger partial charge >= 0.3 is 0 Å². The van der Waals surface area contributed by atoms with Gasteiger partial charge in [-0.1, -0.05) is 6.07 Å². The highest BCUT2D eigenvalue weighted by Crippen LogP contribution is 2.44. The van der Waals surface area contributed by atoms with Crippen LogP contribution < -0.4 is 19.7 Å². The minimum absolute atomic E-state index is 0.129. The first-order valence-electron chi connectivity index (χ1n) is 13.5. The van der Waals surface area contributed by atoms with E-state index in [0.29, 0.717) is 5.11 Å². The zero-order valence-electron chi connectivity index (χ0n) is 23.4. The van der Waals surface area contributed by atoms with Gasteiger partial charge in [0.2, 0.25) is 0 Å². The van der Waals surface area contributed by atoms with Crippen LogP contribution in [0.15, 0.2) is 97.3 Å². The van der Waals surface area contributed by atoms with Crippen LogP contribution >= 0.6 is 12.2 Å². The number of aryl methyl sites for hydroxylation is 2. The number of benzene rings is 2. The van der Waals surface area contributed by atoms with Gasteiger partial charge in [-0.25, -0.2) is 4.98 Å². The third-order valence-corrected chi connectivity index (χ3v) is 7.74. The second-order valence-corrected chi connectivity index (χ2v) is 10.5. The van der Waals surface area contributed by atoms with E-state index < -0.39 is 0 Å². The summed E-state index contributed by atoms with van der Waals surface area (Å²) in [5, 5.41) is 4.21. The van der Waals surface area contributed by atoms with Gasteiger partial charge in [-0.2, -0.15) is 0 Å². The average molecular weight is 562 g/mol. The Balaban J connectivity index is 1.39. The Bertz CT molecular complexity index is 1680. The maximum Gasteiger partial charge on any atom is 0.174 e. The number of anilines is 1. The number of nitrogens with one attached hydrogen (secondary N) is 1. The standard InChI is InChI=1S/C33H31N5O2S/c1-21-16-18-35-30(19-21)37-22(2)20-28(23(37)3)32-31(29-7-5-6-17-34-29)36-33(41)38(32)24-8-10-26(11-9-24)40-27-14-12-25(39-4)13-15-27/h5-20,31-32H,1-4H3,(H,36,41)/t31-,32+/m1/s1. The minimum Gasteiger partial charge on any atom is -0.497 e. The fourth-order valence-corrected chi connectivity index (χ4v) is 5.83. The average Bonchev–Trinajstić information content (AvgIpc) is 3.49. The van der Waals surface area contributed by atoms with Crippen molar-refractivity contribution in [2.75, 3.05) is 12.0 Å².